The molecule has 4 rings (SSSR count). The summed E-state index contributed by atoms with van der Waals surface area (Å²) in [7, 11) is 0. The summed E-state index contributed by atoms with van der Waals surface area (Å²) in [6.45, 7) is 5.64. The lowest BCUT2D eigenvalue weighted by molar-refractivity contribution is -0.142. The van der Waals surface area contributed by atoms with Crippen molar-refractivity contribution in [3.05, 3.63) is 53.9 Å². The second kappa shape index (κ2) is 7.87. The van der Waals surface area contributed by atoms with Gasteiger partial charge in [0.15, 0.2) is 0 Å². The minimum Gasteiger partial charge on any atom is -0.366 e. The van der Waals surface area contributed by atoms with Crippen LogP contribution in [0.1, 0.15) is 44.2 Å². The Labute approximate surface area is 166 Å². The molecule has 1 spiro atoms. The lowest BCUT2D eigenvalue weighted by atomic mass is 9.78. The second-order valence-corrected chi connectivity index (χ2v) is 8.06. The molecule has 2 aliphatic rings. The molecular formula is C22H28N4O2. The van der Waals surface area contributed by atoms with Crippen molar-refractivity contribution in [1.29, 1.82) is 0 Å². The molecule has 6 heteroatoms. The predicted molar refractivity (Wildman–Crippen MR) is 108 cm³/mol. The van der Waals surface area contributed by atoms with Crippen LogP contribution < -0.4 is 10.2 Å². The number of carbonyl (C=O) groups excluding carboxylic acids is 1. The van der Waals surface area contributed by atoms with Gasteiger partial charge in [-0.3, -0.25) is 4.79 Å². The summed E-state index contributed by atoms with van der Waals surface area (Å²) < 4.78 is 6.65. The van der Waals surface area contributed by atoms with Crippen LogP contribution in [-0.2, 0) is 21.6 Å². The third-order valence-electron chi connectivity index (χ3n) is 5.62. The molecule has 1 N–H and O–H groups in total. The summed E-state index contributed by atoms with van der Waals surface area (Å²) >= 11 is 0. The fourth-order valence-corrected chi connectivity index (χ4v) is 4.42. The number of ether oxygens (including phenoxy) is 1. The third-order valence-corrected chi connectivity index (χ3v) is 5.62. The Hall–Kier alpha value is -2.47. The number of rotatable bonds is 4. The van der Waals surface area contributed by atoms with E-state index in [-0.39, 0.29) is 23.7 Å². The first-order chi connectivity index (χ1) is 13.6. The van der Waals surface area contributed by atoms with Crippen molar-refractivity contribution in [3.8, 4) is 0 Å². The average molecular weight is 380 g/mol. The number of aromatic nitrogens is 2. The Morgan fingerprint density at radius 3 is 2.64 bits per heavy atom. The summed E-state index contributed by atoms with van der Waals surface area (Å²) in [5, 5.41) is 2.99. The fourth-order valence-electron chi connectivity index (χ4n) is 4.42. The molecule has 1 fully saturated rings. The molecule has 1 atom stereocenters. The highest BCUT2D eigenvalue weighted by molar-refractivity contribution is 5.76. The highest BCUT2D eigenvalue weighted by Gasteiger charge is 2.44. The molecule has 2 aliphatic heterocycles. The minimum atomic E-state index is -0.330. The Kier molecular flexibility index (Phi) is 5.31. The largest absolute Gasteiger partial charge is 0.366 e. The Balaban J connectivity index is 1.53. The van der Waals surface area contributed by atoms with Crippen molar-refractivity contribution in [2.45, 2.75) is 57.3 Å². The molecule has 3 heterocycles. The number of benzene rings is 1. The van der Waals surface area contributed by atoms with E-state index in [1.807, 2.05) is 19.9 Å². The van der Waals surface area contributed by atoms with E-state index in [4.69, 9.17) is 4.74 Å². The monoisotopic (exact) mass is 380 g/mol. The maximum atomic E-state index is 12.3. The molecule has 28 heavy (non-hydrogen) atoms. The quantitative estimate of drug-likeness (QED) is 0.883. The number of nitrogens with zero attached hydrogens (tertiary/aromatic N) is 3. The number of hydrogen-bond acceptors (Lipinski definition) is 5. The SMILES string of the molecule is CC(C)NC(=O)CC1Cc2ccccc2C2(CCN(c3ncccn3)CC2)O1. The van der Waals surface area contributed by atoms with Crippen LogP contribution in [0.15, 0.2) is 42.7 Å². The van der Waals surface area contributed by atoms with Gasteiger partial charge in [-0.25, -0.2) is 9.97 Å². The van der Waals surface area contributed by atoms with Crippen molar-refractivity contribution >= 4 is 11.9 Å². The van der Waals surface area contributed by atoms with E-state index >= 15 is 0 Å². The van der Waals surface area contributed by atoms with Crippen LogP contribution in [0.2, 0.25) is 0 Å². The fraction of sp³-hybridized carbons (Fsp3) is 0.500. The van der Waals surface area contributed by atoms with Gasteiger partial charge < -0.3 is 15.0 Å². The normalized spacial score (nSPS) is 20.8. The number of carbonyl (C=O) groups is 1. The van der Waals surface area contributed by atoms with Crippen LogP contribution in [0.4, 0.5) is 5.95 Å². The lowest BCUT2D eigenvalue weighted by Gasteiger charge is -2.47. The molecule has 0 saturated carbocycles. The van der Waals surface area contributed by atoms with E-state index in [9.17, 15) is 4.79 Å². The van der Waals surface area contributed by atoms with Crippen molar-refractivity contribution in [2.24, 2.45) is 0 Å². The first-order valence-electron chi connectivity index (χ1n) is 10.1. The van der Waals surface area contributed by atoms with Gasteiger partial charge in [0, 0.05) is 31.5 Å². The molecule has 148 valence electrons. The summed E-state index contributed by atoms with van der Waals surface area (Å²) in [4.78, 5) is 23.3. The molecule has 1 unspecified atom stereocenters. The van der Waals surface area contributed by atoms with Crippen LogP contribution in [-0.4, -0.2) is 41.1 Å². The van der Waals surface area contributed by atoms with Gasteiger partial charge in [0.2, 0.25) is 11.9 Å². The molecule has 1 aromatic carbocycles. The van der Waals surface area contributed by atoms with E-state index in [2.05, 4.69) is 44.5 Å². The van der Waals surface area contributed by atoms with Crippen LogP contribution in [0.5, 0.6) is 0 Å². The Morgan fingerprint density at radius 1 is 1.21 bits per heavy atom. The van der Waals surface area contributed by atoms with Gasteiger partial charge in [0.05, 0.1) is 18.1 Å². The molecule has 1 saturated heterocycles. The molecule has 2 aromatic rings. The number of anilines is 1. The molecular weight excluding hydrogens is 352 g/mol. The highest BCUT2D eigenvalue weighted by Crippen LogP contribution is 2.44. The van der Waals surface area contributed by atoms with E-state index < -0.39 is 0 Å². The number of piperidine rings is 1. The molecule has 0 radical (unpaired) electrons. The number of fused-ring (bicyclic) bond motifs is 2. The smallest absolute Gasteiger partial charge is 0.225 e. The van der Waals surface area contributed by atoms with Crippen LogP contribution in [0, 0.1) is 0 Å². The Morgan fingerprint density at radius 2 is 1.93 bits per heavy atom. The van der Waals surface area contributed by atoms with Gasteiger partial charge in [0.1, 0.15) is 0 Å². The first kappa shape index (κ1) is 18.9. The van der Waals surface area contributed by atoms with Gasteiger partial charge in [0.25, 0.3) is 0 Å². The maximum Gasteiger partial charge on any atom is 0.225 e. The van der Waals surface area contributed by atoms with E-state index in [0.29, 0.717) is 6.42 Å². The van der Waals surface area contributed by atoms with E-state index in [0.717, 1.165) is 38.3 Å². The van der Waals surface area contributed by atoms with Crippen molar-refractivity contribution in [3.63, 3.8) is 0 Å². The summed E-state index contributed by atoms with van der Waals surface area (Å²) in [6, 6.07) is 10.5. The minimum absolute atomic E-state index is 0.0599. The van der Waals surface area contributed by atoms with Crippen molar-refractivity contribution in [1.82, 2.24) is 15.3 Å². The van der Waals surface area contributed by atoms with Gasteiger partial charge in [-0.05, 0) is 50.3 Å². The summed E-state index contributed by atoms with van der Waals surface area (Å²) in [6.07, 6.45) is 6.39. The highest BCUT2D eigenvalue weighted by atomic mass is 16.5. The summed E-state index contributed by atoms with van der Waals surface area (Å²) in [5.41, 5.74) is 2.26. The molecule has 1 aromatic heterocycles. The first-order valence-corrected chi connectivity index (χ1v) is 10.1. The van der Waals surface area contributed by atoms with Crippen molar-refractivity contribution < 1.29 is 9.53 Å². The second-order valence-electron chi connectivity index (χ2n) is 8.06. The van der Waals surface area contributed by atoms with Crippen LogP contribution in [0.25, 0.3) is 0 Å². The third kappa shape index (κ3) is 3.87. The number of amides is 1. The lowest BCUT2D eigenvalue weighted by Crippen LogP contribution is -2.50. The number of nitrogens with one attached hydrogen (secondary N) is 1. The molecule has 0 aliphatic carbocycles. The van der Waals surface area contributed by atoms with Crippen LogP contribution in [0.3, 0.4) is 0 Å². The molecule has 0 bridgehead atoms. The van der Waals surface area contributed by atoms with Gasteiger partial charge in [-0.1, -0.05) is 24.3 Å². The maximum absolute atomic E-state index is 12.3. The van der Waals surface area contributed by atoms with E-state index in [1.54, 1.807) is 12.4 Å². The topological polar surface area (TPSA) is 67.4 Å². The Bertz CT molecular complexity index is 816. The van der Waals surface area contributed by atoms with Crippen LogP contribution >= 0.6 is 0 Å². The van der Waals surface area contributed by atoms with E-state index in [1.165, 1.54) is 11.1 Å². The zero-order valence-electron chi connectivity index (χ0n) is 16.6. The van der Waals surface area contributed by atoms with Gasteiger partial charge in [-0.15, -0.1) is 0 Å². The zero-order valence-corrected chi connectivity index (χ0v) is 16.6. The predicted octanol–water partition coefficient (Wildman–Crippen LogP) is 2.83. The zero-order chi connectivity index (χ0) is 19.6. The number of hydrogen-bond donors (Lipinski definition) is 1. The standard InChI is InChI=1S/C22H28N4O2/c1-16(2)25-20(27)15-18-14-17-6-3-4-7-19(17)22(28-18)8-12-26(13-9-22)21-23-10-5-11-24-21/h3-7,10-11,16,18H,8-9,12-15H2,1-2H3,(H,25,27). The average Bonchev–Trinajstić information content (AvgIpc) is 2.69. The van der Waals surface area contributed by atoms with Gasteiger partial charge in [-0.2, -0.15) is 0 Å². The van der Waals surface area contributed by atoms with Crippen molar-refractivity contribution in [2.75, 3.05) is 18.0 Å². The van der Waals surface area contributed by atoms with Gasteiger partial charge >= 0.3 is 0 Å². The summed E-state index contributed by atoms with van der Waals surface area (Å²) in [5.74, 6) is 0.832. The molecule has 1 amide bonds. The molecule has 6 nitrogen and oxygen atoms in total.